The van der Waals surface area contributed by atoms with Gasteiger partial charge in [-0.15, -0.1) is 0 Å². The van der Waals surface area contributed by atoms with Gasteiger partial charge in [0.25, 0.3) is 5.91 Å². The van der Waals surface area contributed by atoms with Gasteiger partial charge in [-0.3, -0.25) is 14.5 Å². The predicted octanol–water partition coefficient (Wildman–Crippen LogP) is 2.29. The van der Waals surface area contributed by atoms with Crippen LogP contribution in [-0.2, 0) is 11.3 Å². The van der Waals surface area contributed by atoms with Gasteiger partial charge in [-0.25, -0.2) is 0 Å². The monoisotopic (exact) mass is 368 g/mol. The van der Waals surface area contributed by atoms with Crippen LogP contribution in [0.15, 0.2) is 34.9 Å². The van der Waals surface area contributed by atoms with Crippen molar-refractivity contribution in [1.29, 1.82) is 0 Å². The molecule has 142 valence electrons. The van der Waals surface area contributed by atoms with Crippen LogP contribution in [0, 0.1) is 12.8 Å². The Kier molecular flexibility index (Phi) is 4.94. The third kappa shape index (κ3) is 4.36. The Morgan fingerprint density at radius 3 is 2.63 bits per heavy atom. The minimum Gasteiger partial charge on any atom is -0.360 e. The highest BCUT2D eigenvalue weighted by Gasteiger charge is 2.29. The van der Waals surface area contributed by atoms with E-state index < -0.39 is 0 Å². The summed E-state index contributed by atoms with van der Waals surface area (Å²) in [6, 6.07) is 9.16. The van der Waals surface area contributed by atoms with Crippen LogP contribution < -0.4 is 5.32 Å². The van der Waals surface area contributed by atoms with Crippen LogP contribution in [0.4, 0.5) is 5.69 Å². The lowest BCUT2D eigenvalue weighted by atomic mass is 10.1. The number of amides is 2. The van der Waals surface area contributed by atoms with Crippen LogP contribution in [0.5, 0.6) is 0 Å². The number of hydrogen-bond acceptors (Lipinski definition) is 5. The fraction of sp³-hybridized carbons (Fsp3) is 0.450. The van der Waals surface area contributed by atoms with Crippen LogP contribution in [0.1, 0.15) is 34.7 Å². The number of anilines is 1. The van der Waals surface area contributed by atoms with E-state index in [1.54, 1.807) is 12.1 Å². The topological polar surface area (TPSA) is 78.7 Å². The lowest BCUT2D eigenvalue weighted by molar-refractivity contribution is -0.117. The molecular weight excluding hydrogens is 344 g/mol. The van der Waals surface area contributed by atoms with Gasteiger partial charge in [0.2, 0.25) is 5.91 Å². The number of aromatic nitrogens is 1. The first-order chi connectivity index (χ1) is 13.1. The van der Waals surface area contributed by atoms with Gasteiger partial charge in [-0.05, 0) is 38.0 Å². The Bertz CT molecular complexity index is 835. The summed E-state index contributed by atoms with van der Waals surface area (Å²) in [6.45, 7) is 5.55. The van der Waals surface area contributed by atoms with Crippen molar-refractivity contribution in [3.05, 3.63) is 47.3 Å². The summed E-state index contributed by atoms with van der Waals surface area (Å²) in [4.78, 5) is 28.9. The number of rotatable bonds is 5. The molecule has 1 aliphatic heterocycles. The number of carbonyl (C=O) groups excluding carboxylic acids is 2. The number of aryl methyl sites for hydroxylation is 1. The second kappa shape index (κ2) is 7.52. The van der Waals surface area contributed by atoms with Crippen molar-refractivity contribution < 1.29 is 14.1 Å². The van der Waals surface area contributed by atoms with Crippen LogP contribution in [-0.4, -0.2) is 52.9 Å². The van der Waals surface area contributed by atoms with Gasteiger partial charge in [0.15, 0.2) is 5.76 Å². The zero-order valence-corrected chi connectivity index (χ0v) is 15.5. The maximum absolute atomic E-state index is 12.8. The summed E-state index contributed by atoms with van der Waals surface area (Å²) in [7, 11) is 0. The normalized spacial score (nSPS) is 17.7. The number of nitrogens with zero attached hydrogens (tertiary/aromatic N) is 3. The molecule has 1 aromatic heterocycles. The predicted molar refractivity (Wildman–Crippen MR) is 100 cm³/mol. The van der Waals surface area contributed by atoms with E-state index in [9.17, 15) is 9.59 Å². The highest BCUT2D eigenvalue weighted by atomic mass is 16.5. The van der Waals surface area contributed by atoms with Crippen LogP contribution >= 0.6 is 0 Å². The molecule has 0 bridgehead atoms. The average molecular weight is 368 g/mol. The molecule has 27 heavy (non-hydrogen) atoms. The molecule has 7 nitrogen and oxygen atoms in total. The second-order valence-electron chi connectivity index (χ2n) is 7.35. The zero-order valence-electron chi connectivity index (χ0n) is 15.5. The molecule has 2 aromatic rings. The molecule has 1 N–H and O–H groups in total. The third-order valence-electron chi connectivity index (χ3n) is 5.04. The van der Waals surface area contributed by atoms with Gasteiger partial charge in [0, 0.05) is 49.4 Å². The van der Waals surface area contributed by atoms with Crippen molar-refractivity contribution in [2.24, 2.45) is 5.92 Å². The van der Waals surface area contributed by atoms with Crippen LogP contribution in [0.2, 0.25) is 0 Å². The summed E-state index contributed by atoms with van der Waals surface area (Å²) >= 11 is 0. The van der Waals surface area contributed by atoms with Crippen molar-refractivity contribution in [3.63, 3.8) is 0 Å². The Balaban J connectivity index is 1.32. The fourth-order valence-corrected chi connectivity index (χ4v) is 3.32. The molecule has 0 radical (unpaired) electrons. The van der Waals surface area contributed by atoms with Crippen molar-refractivity contribution >= 4 is 17.5 Å². The molecule has 2 amide bonds. The highest BCUT2D eigenvalue weighted by Crippen LogP contribution is 2.30. The smallest absolute Gasteiger partial charge is 0.254 e. The van der Waals surface area contributed by atoms with E-state index in [0.717, 1.165) is 37.4 Å². The first kappa shape index (κ1) is 17.7. The van der Waals surface area contributed by atoms with Gasteiger partial charge in [-0.2, -0.15) is 0 Å². The number of piperazine rings is 1. The molecule has 0 atom stereocenters. The average Bonchev–Trinajstić information content (AvgIpc) is 3.45. The Morgan fingerprint density at radius 2 is 1.96 bits per heavy atom. The van der Waals surface area contributed by atoms with E-state index in [2.05, 4.69) is 15.4 Å². The van der Waals surface area contributed by atoms with Gasteiger partial charge in [0.1, 0.15) is 0 Å². The minimum absolute atomic E-state index is 0.00711. The summed E-state index contributed by atoms with van der Waals surface area (Å²) in [5, 5.41) is 6.82. The largest absolute Gasteiger partial charge is 0.360 e. The maximum Gasteiger partial charge on any atom is 0.254 e. The molecule has 7 heteroatoms. The fourth-order valence-electron chi connectivity index (χ4n) is 3.32. The number of benzene rings is 1. The molecule has 0 spiro atoms. The van der Waals surface area contributed by atoms with Crippen molar-refractivity contribution in [2.45, 2.75) is 26.3 Å². The quantitative estimate of drug-likeness (QED) is 0.876. The van der Waals surface area contributed by atoms with Crippen LogP contribution in [0.25, 0.3) is 0 Å². The zero-order chi connectivity index (χ0) is 18.8. The first-order valence-electron chi connectivity index (χ1n) is 9.43. The van der Waals surface area contributed by atoms with E-state index in [-0.39, 0.29) is 17.7 Å². The first-order valence-corrected chi connectivity index (χ1v) is 9.43. The van der Waals surface area contributed by atoms with Crippen molar-refractivity contribution in [1.82, 2.24) is 15.0 Å². The third-order valence-corrected chi connectivity index (χ3v) is 5.04. The highest BCUT2D eigenvalue weighted by molar-refractivity contribution is 5.98. The SMILES string of the molecule is Cc1cc(CN2CCN(C(=O)c3cccc(NC(=O)C4CC4)c3)CC2)on1. The summed E-state index contributed by atoms with van der Waals surface area (Å²) in [5.74, 6) is 1.06. The summed E-state index contributed by atoms with van der Waals surface area (Å²) in [6.07, 6.45) is 1.92. The van der Waals surface area contributed by atoms with Gasteiger partial charge >= 0.3 is 0 Å². The summed E-state index contributed by atoms with van der Waals surface area (Å²) in [5.41, 5.74) is 2.19. The number of hydrogen-bond donors (Lipinski definition) is 1. The Morgan fingerprint density at radius 1 is 1.19 bits per heavy atom. The molecule has 1 saturated carbocycles. The molecule has 1 aliphatic carbocycles. The second-order valence-corrected chi connectivity index (χ2v) is 7.35. The standard InChI is InChI=1S/C20H24N4O3/c1-14-11-18(27-22-14)13-23-7-9-24(10-8-23)20(26)16-3-2-4-17(12-16)21-19(25)15-5-6-15/h2-4,11-12,15H,5-10,13H2,1H3,(H,21,25). The number of carbonyl (C=O) groups is 2. The summed E-state index contributed by atoms with van der Waals surface area (Å²) < 4.78 is 5.27. The Labute approximate surface area is 158 Å². The molecule has 2 fully saturated rings. The van der Waals surface area contributed by atoms with E-state index in [1.807, 2.05) is 30.0 Å². The van der Waals surface area contributed by atoms with E-state index in [4.69, 9.17) is 4.52 Å². The maximum atomic E-state index is 12.8. The minimum atomic E-state index is 0.00711. The van der Waals surface area contributed by atoms with Gasteiger partial charge in [-0.1, -0.05) is 11.2 Å². The molecule has 2 heterocycles. The molecule has 1 aromatic carbocycles. The number of nitrogens with one attached hydrogen (secondary N) is 1. The van der Waals surface area contributed by atoms with Crippen molar-refractivity contribution in [2.75, 3.05) is 31.5 Å². The van der Waals surface area contributed by atoms with Gasteiger partial charge < -0.3 is 14.7 Å². The molecule has 2 aliphatic rings. The molecule has 1 saturated heterocycles. The molecule has 0 unspecified atom stereocenters. The van der Waals surface area contributed by atoms with E-state index in [0.29, 0.717) is 30.9 Å². The lowest BCUT2D eigenvalue weighted by Gasteiger charge is -2.34. The van der Waals surface area contributed by atoms with E-state index >= 15 is 0 Å². The van der Waals surface area contributed by atoms with E-state index in [1.165, 1.54) is 0 Å². The van der Waals surface area contributed by atoms with Crippen molar-refractivity contribution in [3.8, 4) is 0 Å². The molecule has 4 rings (SSSR count). The van der Waals surface area contributed by atoms with Gasteiger partial charge in [0.05, 0.1) is 12.2 Å². The Hall–Kier alpha value is -2.67. The molecular formula is C20H24N4O3. The van der Waals surface area contributed by atoms with Crippen LogP contribution in [0.3, 0.4) is 0 Å². The lowest BCUT2D eigenvalue weighted by Crippen LogP contribution is -2.48.